The molecular formula is C19H17NSi. The Labute approximate surface area is 126 Å². The summed E-state index contributed by atoms with van der Waals surface area (Å²) in [6.45, 7) is 4.84. The molecule has 1 nitrogen and oxygen atoms in total. The van der Waals surface area contributed by atoms with Crippen LogP contribution in [0, 0.1) is 0 Å². The number of hydrogen-bond acceptors (Lipinski definition) is 1. The molecule has 0 unspecified atom stereocenters. The number of benzene rings is 2. The molecule has 2 aromatic carbocycles. The van der Waals surface area contributed by atoms with Crippen LogP contribution in [-0.2, 0) is 0 Å². The van der Waals surface area contributed by atoms with Crippen LogP contribution in [-0.4, -0.2) is 13.1 Å². The van der Waals surface area contributed by atoms with Crippen LogP contribution in [0.1, 0.15) is 0 Å². The molecule has 0 spiro atoms. The second kappa shape index (κ2) is 4.40. The van der Waals surface area contributed by atoms with Gasteiger partial charge < -0.3 is 0 Å². The van der Waals surface area contributed by atoms with E-state index in [-0.39, 0.29) is 0 Å². The lowest BCUT2D eigenvalue weighted by molar-refractivity contribution is 1.34. The third-order valence-electron chi connectivity index (χ3n) is 4.54. The van der Waals surface area contributed by atoms with E-state index in [2.05, 4.69) is 73.9 Å². The van der Waals surface area contributed by atoms with Crippen molar-refractivity contribution in [2.45, 2.75) is 13.1 Å². The third kappa shape index (κ3) is 1.79. The van der Waals surface area contributed by atoms with Crippen molar-refractivity contribution in [2.24, 2.45) is 0 Å². The van der Waals surface area contributed by atoms with E-state index in [9.17, 15) is 0 Å². The zero-order valence-electron chi connectivity index (χ0n) is 12.3. The summed E-state index contributed by atoms with van der Waals surface area (Å²) in [6, 6.07) is 21.5. The fourth-order valence-electron chi connectivity index (χ4n) is 3.35. The topological polar surface area (TPSA) is 12.9 Å². The first-order valence-corrected chi connectivity index (χ1v) is 10.3. The Bertz CT molecular complexity index is 822. The predicted octanol–water partition coefficient (Wildman–Crippen LogP) is 3.55. The Morgan fingerprint density at radius 1 is 0.762 bits per heavy atom. The average molecular weight is 287 g/mol. The maximum Gasteiger partial charge on any atom is 0.115 e. The molecular weight excluding hydrogens is 270 g/mol. The highest BCUT2D eigenvalue weighted by Crippen LogP contribution is 2.30. The first-order valence-electron chi connectivity index (χ1n) is 7.34. The highest BCUT2D eigenvalue weighted by molar-refractivity contribution is 7.03. The van der Waals surface area contributed by atoms with E-state index in [4.69, 9.17) is 4.98 Å². The summed E-state index contributed by atoms with van der Waals surface area (Å²) in [5, 5.41) is 3.00. The number of hydrogen-bond donors (Lipinski definition) is 0. The molecule has 3 aromatic rings. The molecule has 0 saturated carbocycles. The maximum atomic E-state index is 4.73. The van der Waals surface area contributed by atoms with Crippen molar-refractivity contribution in [2.75, 3.05) is 0 Å². The third-order valence-corrected chi connectivity index (χ3v) is 8.07. The Morgan fingerprint density at radius 3 is 2.29 bits per heavy atom. The maximum absolute atomic E-state index is 4.73. The van der Waals surface area contributed by atoms with Gasteiger partial charge in [-0.25, -0.2) is 0 Å². The summed E-state index contributed by atoms with van der Waals surface area (Å²) in [5.41, 5.74) is 5.04. The molecule has 4 rings (SSSR count). The molecule has 1 aliphatic heterocycles. The minimum Gasteiger partial charge on any atom is -0.256 e. The summed E-state index contributed by atoms with van der Waals surface area (Å²) in [5.74, 6) is 0. The first-order chi connectivity index (χ1) is 10.2. The van der Waals surface area contributed by atoms with Gasteiger partial charge in [0, 0.05) is 11.8 Å². The van der Waals surface area contributed by atoms with Crippen LogP contribution >= 0.6 is 0 Å². The molecule has 2 heterocycles. The van der Waals surface area contributed by atoms with Crippen molar-refractivity contribution in [3.8, 4) is 22.4 Å². The predicted molar refractivity (Wildman–Crippen MR) is 91.9 cm³/mol. The van der Waals surface area contributed by atoms with Gasteiger partial charge in [0.05, 0.1) is 5.69 Å². The number of pyridine rings is 1. The number of rotatable bonds is 1. The van der Waals surface area contributed by atoms with Crippen LogP contribution in [0.5, 0.6) is 0 Å². The molecule has 0 atom stereocenters. The van der Waals surface area contributed by atoms with Gasteiger partial charge in [0.2, 0.25) is 0 Å². The van der Waals surface area contributed by atoms with Crippen LogP contribution < -0.4 is 10.4 Å². The largest absolute Gasteiger partial charge is 0.256 e. The van der Waals surface area contributed by atoms with E-state index >= 15 is 0 Å². The fraction of sp³-hybridized carbons (Fsp3) is 0.105. The first kappa shape index (κ1) is 12.5. The van der Waals surface area contributed by atoms with E-state index < -0.39 is 8.07 Å². The van der Waals surface area contributed by atoms with E-state index in [1.807, 2.05) is 6.07 Å². The number of fused-ring (bicyclic) bond motifs is 3. The Morgan fingerprint density at radius 2 is 1.48 bits per heavy atom. The standard InChI is InChI=1S/C19H17NSi/c1-21(2)18-11-7-6-10-15(18)16-12-17(20-13-19(16)21)14-8-4-3-5-9-14/h3-13H,1-2H3. The molecule has 1 aromatic heterocycles. The van der Waals surface area contributed by atoms with Gasteiger partial charge in [0.1, 0.15) is 8.07 Å². The molecule has 21 heavy (non-hydrogen) atoms. The van der Waals surface area contributed by atoms with Crippen molar-refractivity contribution >= 4 is 18.4 Å². The van der Waals surface area contributed by atoms with Gasteiger partial charge in [-0.3, -0.25) is 4.98 Å². The summed E-state index contributed by atoms with van der Waals surface area (Å²) in [4.78, 5) is 4.73. The zero-order chi connectivity index (χ0) is 14.4. The van der Waals surface area contributed by atoms with Crippen LogP contribution in [0.4, 0.5) is 0 Å². The molecule has 0 saturated heterocycles. The van der Waals surface area contributed by atoms with Gasteiger partial charge >= 0.3 is 0 Å². The molecule has 0 bridgehead atoms. The fourth-order valence-corrected chi connectivity index (χ4v) is 6.31. The smallest absolute Gasteiger partial charge is 0.115 e. The van der Waals surface area contributed by atoms with Gasteiger partial charge in [-0.15, -0.1) is 0 Å². The van der Waals surface area contributed by atoms with E-state index in [1.54, 1.807) is 0 Å². The van der Waals surface area contributed by atoms with Crippen LogP contribution in [0.25, 0.3) is 22.4 Å². The van der Waals surface area contributed by atoms with Gasteiger partial charge in [0.15, 0.2) is 0 Å². The normalized spacial score (nSPS) is 14.6. The van der Waals surface area contributed by atoms with Crippen LogP contribution in [0.3, 0.4) is 0 Å². The van der Waals surface area contributed by atoms with Crippen molar-refractivity contribution in [3.63, 3.8) is 0 Å². The van der Waals surface area contributed by atoms with Crippen molar-refractivity contribution in [1.82, 2.24) is 4.98 Å². The van der Waals surface area contributed by atoms with Crippen molar-refractivity contribution in [3.05, 3.63) is 66.9 Å². The number of aromatic nitrogens is 1. The Hall–Kier alpha value is -2.19. The van der Waals surface area contributed by atoms with Crippen molar-refractivity contribution in [1.29, 1.82) is 0 Å². The second-order valence-electron chi connectivity index (χ2n) is 6.15. The zero-order valence-corrected chi connectivity index (χ0v) is 13.3. The SMILES string of the molecule is C[Si]1(C)c2ccccc2-c2cc(-c3ccccc3)ncc21. The summed E-state index contributed by atoms with van der Waals surface area (Å²) in [6.07, 6.45) is 2.11. The second-order valence-corrected chi connectivity index (χ2v) is 10.5. The minimum absolute atomic E-state index is 1.07. The lowest BCUT2D eigenvalue weighted by Crippen LogP contribution is -2.49. The van der Waals surface area contributed by atoms with E-state index in [1.165, 1.54) is 27.1 Å². The Balaban J connectivity index is 1.96. The van der Waals surface area contributed by atoms with Crippen molar-refractivity contribution < 1.29 is 0 Å². The monoisotopic (exact) mass is 287 g/mol. The summed E-state index contributed by atoms with van der Waals surface area (Å²) >= 11 is 0. The lowest BCUT2D eigenvalue weighted by Gasteiger charge is -2.18. The molecule has 1 aliphatic rings. The molecule has 0 fully saturated rings. The lowest BCUT2D eigenvalue weighted by atomic mass is 10.0. The summed E-state index contributed by atoms with van der Waals surface area (Å²) in [7, 11) is -1.57. The molecule has 2 heteroatoms. The number of nitrogens with zero attached hydrogens (tertiary/aromatic N) is 1. The molecule has 0 amide bonds. The molecule has 0 aliphatic carbocycles. The highest BCUT2D eigenvalue weighted by Gasteiger charge is 2.37. The van der Waals surface area contributed by atoms with Gasteiger partial charge in [0.25, 0.3) is 0 Å². The Kier molecular flexibility index (Phi) is 2.63. The molecule has 0 N–H and O–H groups in total. The average Bonchev–Trinajstić information content (AvgIpc) is 2.77. The highest BCUT2D eigenvalue weighted by atomic mass is 28.3. The van der Waals surface area contributed by atoms with E-state index in [0.29, 0.717) is 0 Å². The van der Waals surface area contributed by atoms with Gasteiger partial charge in [-0.2, -0.15) is 0 Å². The summed E-state index contributed by atoms with van der Waals surface area (Å²) < 4.78 is 0. The molecule has 0 radical (unpaired) electrons. The minimum atomic E-state index is -1.57. The van der Waals surface area contributed by atoms with Crippen LogP contribution in [0.15, 0.2) is 66.9 Å². The van der Waals surface area contributed by atoms with E-state index in [0.717, 1.165) is 5.69 Å². The quantitative estimate of drug-likeness (QED) is 0.624. The van der Waals surface area contributed by atoms with Gasteiger partial charge in [-0.1, -0.05) is 67.7 Å². The van der Waals surface area contributed by atoms with Crippen LogP contribution in [0.2, 0.25) is 13.1 Å². The van der Waals surface area contributed by atoms with Gasteiger partial charge in [-0.05, 0) is 27.6 Å². The molecule has 102 valence electrons.